The fourth-order valence-electron chi connectivity index (χ4n) is 2.56. The molecule has 1 aromatic rings. The first-order valence-electron chi connectivity index (χ1n) is 7.22. The molecule has 1 aliphatic rings. The van der Waals surface area contributed by atoms with Crippen molar-refractivity contribution in [1.29, 1.82) is 0 Å². The molecule has 0 aliphatic carbocycles. The number of nitrogens with zero attached hydrogens (tertiary/aromatic N) is 1. The van der Waals surface area contributed by atoms with Crippen molar-refractivity contribution < 1.29 is 14.4 Å². The summed E-state index contributed by atoms with van der Waals surface area (Å²) in [6.07, 6.45) is 0.456. The molecule has 1 heterocycles. The molecule has 2 rings (SSSR count). The molecule has 0 saturated heterocycles. The van der Waals surface area contributed by atoms with Crippen LogP contribution in [0.5, 0.6) is 0 Å². The van der Waals surface area contributed by atoms with E-state index in [-0.39, 0.29) is 23.6 Å². The Balaban J connectivity index is 2.36. The zero-order valence-corrected chi connectivity index (χ0v) is 12.6. The second-order valence-corrected chi connectivity index (χ2v) is 5.57. The monoisotopic (exact) mass is 288 g/mol. The lowest BCUT2D eigenvalue weighted by molar-refractivity contribution is -0.125. The summed E-state index contributed by atoms with van der Waals surface area (Å²) in [4.78, 5) is 38.3. The molecule has 5 heteroatoms. The maximum atomic E-state index is 12.5. The normalized spacial score (nSPS) is 15.3. The number of fused-ring (bicyclic) bond motifs is 1. The second-order valence-electron chi connectivity index (χ2n) is 5.57. The molecule has 5 nitrogen and oxygen atoms in total. The van der Waals surface area contributed by atoms with Crippen molar-refractivity contribution in [3.05, 3.63) is 35.4 Å². The van der Waals surface area contributed by atoms with Crippen LogP contribution < -0.4 is 5.32 Å². The second kappa shape index (κ2) is 6.08. The summed E-state index contributed by atoms with van der Waals surface area (Å²) in [5.41, 5.74) is 0.751. The van der Waals surface area contributed by atoms with Crippen LogP contribution in [-0.4, -0.2) is 35.2 Å². The molecule has 0 bridgehead atoms. The van der Waals surface area contributed by atoms with Gasteiger partial charge in [-0.1, -0.05) is 26.0 Å². The predicted molar refractivity (Wildman–Crippen MR) is 78.9 cm³/mol. The van der Waals surface area contributed by atoms with Gasteiger partial charge >= 0.3 is 0 Å². The number of hydrogen-bond acceptors (Lipinski definition) is 3. The average molecular weight is 288 g/mol. The van der Waals surface area contributed by atoms with Gasteiger partial charge < -0.3 is 5.32 Å². The minimum atomic E-state index is -0.752. The van der Waals surface area contributed by atoms with Crippen molar-refractivity contribution in [1.82, 2.24) is 10.2 Å². The number of amides is 3. The molecule has 1 aliphatic heterocycles. The number of likely N-dealkylation sites (N-methyl/N-ethyl adjacent to an activating group) is 1. The van der Waals surface area contributed by atoms with Crippen LogP contribution in [0.25, 0.3) is 0 Å². The van der Waals surface area contributed by atoms with E-state index < -0.39 is 6.04 Å². The summed E-state index contributed by atoms with van der Waals surface area (Å²) >= 11 is 0. The fourth-order valence-corrected chi connectivity index (χ4v) is 2.56. The molecule has 0 saturated carbocycles. The fraction of sp³-hybridized carbons (Fsp3) is 0.438. The van der Waals surface area contributed by atoms with Gasteiger partial charge in [0.1, 0.15) is 6.04 Å². The summed E-state index contributed by atoms with van der Waals surface area (Å²) in [6.45, 7) is 6.21. The van der Waals surface area contributed by atoms with Crippen LogP contribution in [0.2, 0.25) is 0 Å². The summed E-state index contributed by atoms with van der Waals surface area (Å²) < 4.78 is 0. The van der Waals surface area contributed by atoms with Crippen LogP contribution in [0.1, 0.15) is 47.9 Å². The average Bonchev–Trinajstić information content (AvgIpc) is 2.69. The number of nitrogens with one attached hydrogen (secondary N) is 1. The van der Waals surface area contributed by atoms with Gasteiger partial charge in [-0.15, -0.1) is 0 Å². The van der Waals surface area contributed by atoms with Crippen molar-refractivity contribution in [3.8, 4) is 0 Å². The van der Waals surface area contributed by atoms with Crippen LogP contribution in [0.3, 0.4) is 0 Å². The summed E-state index contributed by atoms with van der Waals surface area (Å²) in [5, 5.41) is 2.71. The molecule has 112 valence electrons. The topological polar surface area (TPSA) is 66.5 Å². The lowest BCUT2D eigenvalue weighted by Gasteiger charge is -2.26. The molecule has 0 aromatic heterocycles. The van der Waals surface area contributed by atoms with E-state index in [1.165, 1.54) is 0 Å². The van der Waals surface area contributed by atoms with E-state index in [9.17, 15) is 14.4 Å². The highest BCUT2D eigenvalue weighted by Gasteiger charge is 2.42. The molecule has 1 N–H and O–H groups in total. The maximum Gasteiger partial charge on any atom is 0.262 e. The van der Waals surface area contributed by atoms with Gasteiger partial charge in [0, 0.05) is 6.54 Å². The van der Waals surface area contributed by atoms with E-state index in [1.54, 1.807) is 24.3 Å². The summed E-state index contributed by atoms with van der Waals surface area (Å²) in [6, 6.07) is 5.94. The van der Waals surface area contributed by atoms with Crippen LogP contribution >= 0.6 is 0 Å². The number of carbonyl (C=O) groups excluding carboxylic acids is 3. The number of carbonyl (C=O) groups is 3. The molecule has 0 radical (unpaired) electrons. The third-order valence-corrected chi connectivity index (χ3v) is 3.49. The zero-order chi connectivity index (χ0) is 15.6. The molecule has 1 atom stereocenters. The van der Waals surface area contributed by atoms with Gasteiger partial charge in [0.05, 0.1) is 11.1 Å². The predicted octanol–water partition coefficient (Wildman–Crippen LogP) is 1.83. The number of imide groups is 1. The van der Waals surface area contributed by atoms with Gasteiger partial charge in [0.2, 0.25) is 5.91 Å². The van der Waals surface area contributed by atoms with E-state index in [4.69, 9.17) is 0 Å². The third-order valence-electron chi connectivity index (χ3n) is 3.49. The molecule has 1 unspecified atom stereocenters. The molecular weight excluding hydrogens is 268 g/mol. The molecule has 1 aromatic carbocycles. The van der Waals surface area contributed by atoms with Crippen LogP contribution in [0.15, 0.2) is 24.3 Å². The van der Waals surface area contributed by atoms with Gasteiger partial charge in [-0.05, 0) is 31.4 Å². The summed E-state index contributed by atoms with van der Waals surface area (Å²) in [7, 11) is 0. The first-order chi connectivity index (χ1) is 9.97. The Morgan fingerprint density at radius 3 is 2.10 bits per heavy atom. The van der Waals surface area contributed by atoms with E-state index in [0.29, 0.717) is 24.1 Å². The van der Waals surface area contributed by atoms with Crippen molar-refractivity contribution in [2.45, 2.75) is 33.2 Å². The Morgan fingerprint density at radius 2 is 1.67 bits per heavy atom. The SMILES string of the molecule is CCNC(=O)C(CC(C)C)N1C(=O)c2ccccc2C1=O. The van der Waals surface area contributed by atoms with Crippen LogP contribution in [0.4, 0.5) is 0 Å². The van der Waals surface area contributed by atoms with E-state index >= 15 is 0 Å². The van der Waals surface area contributed by atoms with Crippen molar-refractivity contribution in [2.24, 2.45) is 5.92 Å². The van der Waals surface area contributed by atoms with Gasteiger partial charge in [-0.2, -0.15) is 0 Å². The Kier molecular flexibility index (Phi) is 4.40. The maximum absolute atomic E-state index is 12.5. The Morgan fingerprint density at radius 1 is 1.14 bits per heavy atom. The first kappa shape index (κ1) is 15.2. The minimum absolute atomic E-state index is 0.196. The summed E-state index contributed by atoms with van der Waals surface area (Å²) in [5.74, 6) is -0.845. The number of rotatable bonds is 5. The third kappa shape index (κ3) is 2.82. The van der Waals surface area contributed by atoms with Gasteiger partial charge in [0.25, 0.3) is 11.8 Å². The number of benzene rings is 1. The number of hydrogen-bond donors (Lipinski definition) is 1. The quantitative estimate of drug-likeness (QED) is 0.841. The highest BCUT2D eigenvalue weighted by molar-refractivity contribution is 6.22. The van der Waals surface area contributed by atoms with Crippen molar-refractivity contribution in [2.75, 3.05) is 6.54 Å². The molecule has 0 spiro atoms. The van der Waals surface area contributed by atoms with Gasteiger partial charge in [-0.3, -0.25) is 19.3 Å². The zero-order valence-electron chi connectivity index (χ0n) is 12.6. The van der Waals surface area contributed by atoms with Gasteiger partial charge in [0.15, 0.2) is 0 Å². The minimum Gasteiger partial charge on any atom is -0.355 e. The van der Waals surface area contributed by atoms with Crippen molar-refractivity contribution >= 4 is 17.7 Å². The highest BCUT2D eigenvalue weighted by Crippen LogP contribution is 2.26. The van der Waals surface area contributed by atoms with E-state index in [0.717, 1.165) is 4.90 Å². The Hall–Kier alpha value is -2.17. The molecular formula is C16H20N2O3. The highest BCUT2D eigenvalue weighted by atomic mass is 16.2. The Bertz CT molecular complexity index is 546. The molecule has 0 fully saturated rings. The largest absolute Gasteiger partial charge is 0.355 e. The van der Waals surface area contributed by atoms with E-state index in [1.807, 2.05) is 20.8 Å². The van der Waals surface area contributed by atoms with E-state index in [2.05, 4.69) is 5.32 Å². The van der Waals surface area contributed by atoms with Gasteiger partial charge in [-0.25, -0.2) is 0 Å². The Labute approximate surface area is 124 Å². The molecule has 21 heavy (non-hydrogen) atoms. The smallest absolute Gasteiger partial charge is 0.262 e. The first-order valence-corrected chi connectivity index (χ1v) is 7.22. The van der Waals surface area contributed by atoms with Crippen LogP contribution in [-0.2, 0) is 4.79 Å². The molecule has 3 amide bonds. The lowest BCUT2D eigenvalue weighted by Crippen LogP contribution is -2.50. The lowest BCUT2D eigenvalue weighted by atomic mass is 10.0. The standard InChI is InChI=1S/C16H20N2O3/c1-4-17-14(19)13(9-10(2)3)18-15(20)11-7-5-6-8-12(11)16(18)21/h5-8,10,13H,4,9H2,1-3H3,(H,17,19). The van der Waals surface area contributed by atoms with Crippen LogP contribution in [0, 0.1) is 5.92 Å². The van der Waals surface area contributed by atoms with Crippen molar-refractivity contribution in [3.63, 3.8) is 0 Å².